The second-order valence-electron chi connectivity index (χ2n) is 5.74. The Morgan fingerprint density at radius 2 is 1.76 bits per heavy atom. The lowest BCUT2D eigenvalue weighted by Crippen LogP contribution is -2.30. The Kier molecular flexibility index (Phi) is 6.99. The number of halogens is 5. The number of likely N-dealkylation sites (N-methyl/N-ethyl adjacent to an activating group) is 1. The molecule has 1 N–H and O–H groups in total. The van der Waals surface area contributed by atoms with Crippen molar-refractivity contribution in [2.45, 2.75) is 16.8 Å². The summed E-state index contributed by atoms with van der Waals surface area (Å²) in [6.45, 7) is 2.77. The number of rotatable bonds is 5. The van der Waals surface area contributed by atoms with E-state index in [1.54, 1.807) is 18.2 Å². The minimum atomic E-state index is -1.78. The molecule has 0 aliphatic rings. The standard InChI is InChI=1S/C15H16Cl5N5/c1-8(7-25(2)3)21-14-23-12(22-13(24-14)15(18,19)20)9-4-5-10(16)11(17)6-9/h4-6,8H,7H2,1-3H3,(H,21,22,23,24). The average molecular weight is 444 g/mol. The van der Waals surface area contributed by atoms with E-state index in [-0.39, 0.29) is 11.9 Å². The molecule has 0 spiro atoms. The van der Waals surface area contributed by atoms with Crippen molar-refractivity contribution in [1.82, 2.24) is 19.9 Å². The quantitative estimate of drug-likeness (QED) is 0.657. The predicted molar refractivity (Wildman–Crippen MR) is 106 cm³/mol. The summed E-state index contributed by atoms with van der Waals surface area (Å²) in [7, 11) is 3.94. The largest absolute Gasteiger partial charge is 0.350 e. The third-order valence-electron chi connectivity index (χ3n) is 3.08. The van der Waals surface area contributed by atoms with Gasteiger partial charge in [0.25, 0.3) is 0 Å². The summed E-state index contributed by atoms with van der Waals surface area (Å²) in [6.07, 6.45) is 0. The highest BCUT2D eigenvalue weighted by atomic mass is 35.6. The zero-order valence-electron chi connectivity index (χ0n) is 13.7. The Bertz CT molecular complexity index is 748. The Labute approximate surface area is 171 Å². The van der Waals surface area contributed by atoms with Crippen molar-refractivity contribution in [2.24, 2.45) is 0 Å². The molecule has 0 saturated carbocycles. The maximum absolute atomic E-state index is 6.07. The highest BCUT2D eigenvalue weighted by Crippen LogP contribution is 2.37. The maximum atomic E-state index is 6.07. The fourth-order valence-corrected chi connectivity index (χ4v) is 2.70. The van der Waals surface area contributed by atoms with E-state index in [1.165, 1.54) is 0 Å². The van der Waals surface area contributed by atoms with Gasteiger partial charge in [0.1, 0.15) is 0 Å². The van der Waals surface area contributed by atoms with Crippen molar-refractivity contribution in [1.29, 1.82) is 0 Å². The molecular formula is C15H16Cl5N5. The molecule has 1 unspecified atom stereocenters. The van der Waals surface area contributed by atoms with Crippen LogP contribution in [0.5, 0.6) is 0 Å². The summed E-state index contributed by atoms with van der Waals surface area (Å²) in [5.74, 6) is 0.661. The third kappa shape index (κ3) is 5.98. The van der Waals surface area contributed by atoms with Crippen LogP contribution in [0.15, 0.2) is 18.2 Å². The van der Waals surface area contributed by atoms with Gasteiger partial charge in [-0.15, -0.1) is 0 Å². The second kappa shape index (κ2) is 8.42. The van der Waals surface area contributed by atoms with Crippen molar-refractivity contribution >= 4 is 64.0 Å². The molecule has 0 amide bonds. The van der Waals surface area contributed by atoms with Gasteiger partial charge in [-0.3, -0.25) is 0 Å². The molecule has 1 aromatic heterocycles. The number of nitrogens with one attached hydrogen (secondary N) is 1. The van der Waals surface area contributed by atoms with E-state index < -0.39 is 3.79 Å². The summed E-state index contributed by atoms with van der Waals surface area (Å²) in [5.41, 5.74) is 0.635. The molecule has 0 radical (unpaired) electrons. The van der Waals surface area contributed by atoms with Gasteiger partial charge in [-0.25, -0.2) is 4.98 Å². The molecule has 1 aromatic carbocycles. The fraction of sp³-hybridized carbons (Fsp3) is 0.400. The highest BCUT2D eigenvalue weighted by Gasteiger charge is 2.29. The van der Waals surface area contributed by atoms with Crippen LogP contribution in [0.2, 0.25) is 10.0 Å². The zero-order valence-corrected chi connectivity index (χ0v) is 17.5. The summed E-state index contributed by atoms with van der Waals surface area (Å²) in [4.78, 5) is 14.9. The molecule has 0 saturated heterocycles. The van der Waals surface area contributed by atoms with Crippen LogP contribution < -0.4 is 5.32 Å². The van der Waals surface area contributed by atoms with E-state index in [0.717, 1.165) is 6.54 Å². The van der Waals surface area contributed by atoms with Gasteiger partial charge in [-0.2, -0.15) is 9.97 Å². The molecule has 0 fully saturated rings. The molecule has 2 aromatic rings. The summed E-state index contributed by atoms with van der Waals surface area (Å²) in [6, 6.07) is 5.11. The molecule has 10 heteroatoms. The van der Waals surface area contributed by atoms with Crippen molar-refractivity contribution in [3.05, 3.63) is 34.1 Å². The lowest BCUT2D eigenvalue weighted by atomic mass is 10.2. The number of hydrogen-bond donors (Lipinski definition) is 1. The van der Waals surface area contributed by atoms with Crippen LogP contribution in [0.25, 0.3) is 11.4 Å². The van der Waals surface area contributed by atoms with Crippen molar-refractivity contribution in [3.8, 4) is 11.4 Å². The molecule has 1 atom stereocenters. The summed E-state index contributed by atoms with van der Waals surface area (Å²) >= 11 is 29.9. The van der Waals surface area contributed by atoms with Crippen molar-refractivity contribution in [3.63, 3.8) is 0 Å². The lowest BCUT2D eigenvalue weighted by molar-refractivity contribution is 0.391. The molecule has 5 nitrogen and oxygen atoms in total. The molecular weight excluding hydrogens is 427 g/mol. The van der Waals surface area contributed by atoms with Crippen LogP contribution in [0.1, 0.15) is 12.7 Å². The van der Waals surface area contributed by atoms with E-state index in [1.807, 2.05) is 25.9 Å². The first-order chi connectivity index (χ1) is 11.6. The van der Waals surface area contributed by atoms with E-state index in [9.17, 15) is 0 Å². The van der Waals surface area contributed by atoms with E-state index in [2.05, 4.69) is 20.3 Å². The van der Waals surface area contributed by atoms with Crippen LogP contribution in [0, 0.1) is 0 Å². The smallest absolute Gasteiger partial charge is 0.250 e. The van der Waals surface area contributed by atoms with Gasteiger partial charge in [-0.05, 0) is 39.2 Å². The number of anilines is 1. The third-order valence-corrected chi connectivity index (χ3v) is 4.33. The summed E-state index contributed by atoms with van der Waals surface area (Å²) < 4.78 is -1.78. The van der Waals surface area contributed by atoms with Gasteiger partial charge in [-0.1, -0.05) is 58.0 Å². The number of alkyl halides is 3. The summed E-state index contributed by atoms with van der Waals surface area (Å²) in [5, 5.41) is 3.99. The van der Waals surface area contributed by atoms with Gasteiger partial charge in [0, 0.05) is 18.2 Å². The van der Waals surface area contributed by atoms with E-state index in [0.29, 0.717) is 27.4 Å². The van der Waals surface area contributed by atoms with Gasteiger partial charge < -0.3 is 10.2 Å². The first-order valence-corrected chi connectivity index (χ1v) is 9.15. The SMILES string of the molecule is CC(CN(C)C)Nc1nc(-c2ccc(Cl)c(Cl)c2)nc(C(Cl)(Cl)Cl)n1. The van der Waals surface area contributed by atoms with E-state index >= 15 is 0 Å². The maximum Gasteiger partial charge on any atom is 0.250 e. The molecule has 0 bridgehead atoms. The fourth-order valence-electron chi connectivity index (χ4n) is 2.15. The predicted octanol–water partition coefficient (Wildman–Crippen LogP) is 5.03. The monoisotopic (exact) mass is 441 g/mol. The van der Waals surface area contributed by atoms with Crippen molar-refractivity contribution in [2.75, 3.05) is 26.0 Å². The minimum Gasteiger partial charge on any atom is -0.350 e. The minimum absolute atomic E-state index is 0.0214. The second-order valence-corrected chi connectivity index (χ2v) is 8.84. The Balaban J connectivity index is 2.45. The number of hydrogen-bond acceptors (Lipinski definition) is 5. The van der Waals surface area contributed by atoms with E-state index in [4.69, 9.17) is 58.0 Å². The first-order valence-electron chi connectivity index (χ1n) is 7.26. The number of aromatic nitrogens is 3. The highest BCUT2D eigenvalue weighted by molar-refractivity contribution is 6.66. The van der Waals surface area contributed by atoms with Crippen LogP contribution >= 0.6 is 58.0 Å². The Hall–Kier alpha value is -0.560. The van der Waals surface area contributed by atoms with Gasteiger partial charge in [0.05, 0.1) is 10.0 Å². The Morgan fingerprint density at radius 1 is 1.08 bits per heavy atom. The van der Waals surface area contributed by atoms with Crippen LogP contribution in [0.3, 0.4) is 0 Å². The van der Waals surface area contributed by atoms with Crippen LogP contribution in [-0.4, -0.2) is 46.5 Å². The molecule has 2 rings (SSSR count). The lowest BCUT2D eigenvalue weighted by Gasteiger charge is -2.19. The topological polar surface area (TPSA) is 53.9 Å². The number of nitrogens with zero attached hydrogens (tertiary/aromatic N) is 4. The van der Waals surface area contributed by atoms with Crippen LogP contribution in [-0.2, 0) is 3.79 Å². The number of benzene rings is 1. The Morgan fingerprint density at radius 3 is 2.32 bits per heavy atom. The van der Waals surface area contributed by atoms with Gasteiger partial charge in [0.2, 0.25) is 9.74 Å². The van der Waals surface area contributed by atoms with Crippen molar-refractivity contribution < 1.29 is 0 Å². The van der Waals surface area contributed by atoms with Crippen LogP contribution in [0.4, 0.5) is 5.95 Å². The molecule has 136 valence electrons. The zero-order chi connectivity index (χ0) is 18.8. The molecule has 0 aliphatic heterocycles. The molecule has 0 aliphatic carbocycles. The normalized spacial score (nSPS) is 13.2. The molecule has 1 heterocycles. The molecule has 25 heavy (non-hydrogen) atoms. The van der Waals surface area contributed by atoms with Gasteiger partial charge in [0.15, 0.2) is 11.6 Å². The first kappa shape index (κ1) is 20.7. The van der Waals surface area contributed by atoms with Gasteiger partial charge >= 0.3 is 0 Å². The average Bonchev–Trinajstić information content (AvgIpc) is 2.48.